The van der Waals surface area contributed by atoms with Crippen molar-refractivity contribution in [1.82, 2.24) is 9.80 Å². The molecule has 0 radical (unpaired) electrons. The Hall–Kier alpha value is -2.38. The van der Waals surface area contributed by atoms with Crippen molar-refractivity contribution < 1.29 is 14.1 Å². The van der Waals surface area contributed by atoms with E-state index in [0.29, 0.717) is 37.7 Å². The molecule has 1 heterocycles. The molecule has 0 bridgehead atoms. The Kier molecular flexibility index (Phi) is 5.84. The minimum absolute atomic E-state index is 0.0370. The van der Waals surface area contributed by atoms with Gasteiger partial charge in [0.1, 0.15) is 0 Å². The minimum atomic E-state index is -2.07. The molecular weight excluding hydrogens is 398 g/mol. The molecule has 2 aromatic carbocycles. The standard InChI is InChI=1S/C23H29N3O3S/c1-17(15-25-11-13-30(29,24-2)14-12-25)26(23(27)28)16-22-20-9-5-3-7-18(20)19-8-4-6-10-21(19)22/h3-10,17,22H,11-16H2,1-2H3,(H,27,28)/t17-/m0/s1. The van der Waals surface area contributed by atoms with Crippen LogP contribution in [0.15, 0.2) is 52.9 Å². The molecule has 0 unspecified atom stereocenters. The summed E-state index contributed by atoms with van der Waals surface area (Å²) in [5, 5.41) is 10.00. The number of hydrogen-bond acceptors (Lipinski definition) is 4. The molecule has 6 nitrogen and oxygen atoms in total. The molecule has 1 aliphatic heterocycles. The van der Waals surface area contributed by atoms with Gasteiger partial charge in [-0.15, -0.1) is 0 Å². The molecule has 1 amide bonds. The van der Waals surface area contributed by atoms with Crippen LogP contribution in [0.5, 0.6) is 0 Å². The largest absolute Gasteiger partial charge is 0.465 e. The fraction of sp³-hybridized carbons (Fsp3) is 0.435. The monoisotopic (exact) mass is 427 g/mol. The van der Waals surface area contributed by atoms with Crippen molar-refractivity contribution in [1.29, 1.82) is 0 Å². The van der Waals surface area contributed by atoms with Crippen molar-refractivity contribution in [3.05, 3.63) is 59.7 Å². The van der Waals surface area contributed by atoms with E-state index < -0.39 is 15.8 Å². The van der Waals surface area contributed by atoms with E-state index in [4.69, 9.17) is 0 Å². The van der Waals surface area contributed by atoms with Gasteiger partial charge in [0.25, 0.3) is 0 Å². The molecule has 30 heavy (non-hydrogen) atoms. The maximum atomic E-state index is 12.4. The van der Waals surface area contributed by atoms with Crippen LogP contribution in [0.1, 0.15) is 24.0 Å². The zero-order valence-electron chi connectivity index (χ0n) is 17.5. The Bertz CT molecular complexity index is 1000. The van der Waals surface area contributed by atoms with E-state index in [1.54, 1.807) is 11.9 Å². The lowest BCUT2D eigenvalue weighted by molar-refractivity contribution is 0.111. The number of carbonyl (C=O) groups is 1. The molecule has 0 aromatic heterocycles. The second-order valence-corrected chi connectivity index (χ2v) is 10.9. The Balaban J connectivity index is 1.52. The van der Waals surface area contributed by atoms with Gasteiger partial charge in [0.2, 0.25) is 0 Å². The van der Waals surface area contributed by atoms with Gasteiger partial charge in [-0.2, -0.15) is 0 Å². The topological polar surface area (TPSA) is 73.2 Å². The lowest BCUT2D eigenvalue weighted by atomic mass is 9.96. The quantitative estimate of drug-likeness (QED) is 0.792. The van der Waals surface area contributed by atoms with E-state index in [0.717, 1.165) is 0 Å². The Morgan fingerprint density at radius 1 is 1.13 bits per heavy atom. The lowest BCUT2D eigenvalue weighted by Crippen LogP contribution is -2.49. The zero-order chi connectivity index (χ0) is 21.3. The molecule has 0 saturated carbocycles. The smallest absolute Gasteiger partial charge is 0.407 e. The van der Waals surface area contributed by atoms with Gasteiger partial charge in [-0.05, 0) is 29.2 Å². The molecular formula is C23H29N3O3S. The van der Waals surface area contributed by atoms with Crippen molar-refractivity contribution in [3.63, 3.8) is 0 Å². The molecule has 0 spiro atoms. The first-order chi connectivity index (χ1) is 14.4. The Morgan fingerprint density at radius 3 is 2.17 bits per heavy atom. The van der Waals surface area contributed by atoms with E-state index in [2.05, 4.69) is 33.5 Å². The molecule has 4 rings (SSSR count). The number of benzene rings is 2. The number of rotatable bonds is 5. The van der Waals surface area contributed by atoms with Gasteiger partial charge in [-0.1, -0.05) is 48.5 Å². The number of carboxylic acid groups (broad SMARTS) is 1. The van der Waals surface area contributed by atoms with E-state index in [1.165, 1.54) is 22.3 Å². The van der Waals surface area contributed by atoms with Gasteiger partial charge in [0, 0.05) is 66.4 Å². The maximum Gasteiger partial charge on any atom is 0.407 e. The van der Waals surface area contributed by atoms with Crippen LogP contribution in [0.25, 0.3) is 11.1 Å². The van der Waals surface area contributed by atoms with Crippen molar-refractivity contribution in [3.8, 4) is 11.1 Å². The predicted octanol–water partition coefficient (Wildman–Crippen LogP) is 3.58. The number of fused-ring (bicyclic) bond motifs is 3. The highest BCUT2D eigenvalue weighted by molar-refractivity contribution is 7.93. The SMILES string of the molecule is CN=S1(=O)CCN(C[C@H](C)N(CC2c3ccccc3-c3ccccc32)C(=O)O)CC1. The third-order valence-corrected chi connectivity index (χ3v) is 8.73. The fourth-order valence-electron chi connectivity index (χ4n) is 4.69. The van der Waals surface area contributed by atoms with Crippen LogP contribution in [0, 0.1) is 0 Å². The molecule has 1 fully saturated rings. The minimum Gasteiger partial charge on any atom is -0.465 e. The summed E-state index contributed by atoms with van der Waals surface area (Å²) in [4.78, 5) is 16.0. The summed E-state index contributed by atoms with van der Waals surface area (Å²) in [7, 11) is -0.437. The first kappa shape index (κ1) is 20.9. The van der Waals surface area contributed by atoms with Crippen LogP contribution < -0.4 is 0 Å². The molecule has 2 aliphatic rings. The van der Waals surface area contributed by atoms with E-state index in [-0.39, 0.29) is 12.0 Å². The average Bonchev–Trinajstić information content (AvgIpc) is 3.07. The number of nitrogens with zero attached hydrogens (tertiary/aromatic N) is 3. The molecule has 1 N–H and O–H groups in total. The molecule has 1 atom stereocenters. The summed E-state index contributed by atoms with van der Waals surface area (Å²) < 4.78 is 16.5. The Labute approximate surface area is 178 Å². The summed E-state index contributed by atoms with van der Waals surface area (Å²) in [6.07, 6.45) is -0.895. The first-order valence-corrected chi connectivity index (χ1v) is 12.3. The van der Waals surface area contributed by atoms with E-state index >= 15 is 0 Å². The van der Waals surface area contributed by atoms with Gasteiger partial charge < -0.3 is 10.0 Å². The number of amides is 1. The van der Waals surface area contributed by atoms with Crippen molar-refractivity contribution >= 4 is 15.8 Å². The second kappa shape index (κ2) is 8.40. The van der Waals surface area contributed by atoms with Crippen LogP contribution in [-0.2, 0) is 9.73 Å². The maximum absolute atomic E-state index is 12.4. The fourth-order valence-corrected chi connectivity index (χ4v) is 6.35. The van der Waals surface area contributed by atoms with Crippen molar-refractivity contribution in [2.75, 3.05) is 44.7 Å². The normalized spacial score (nSPS) is 19.0. The third-order valence-electron chi connectivity index (χ3n) is 6.43. The average molecular weight is 428 g/mol. The van der Waals surface area contributed by atoms with Crippen LogP contribution in [-0.4, -0.2) is 76.0 Å². The van der Waals surface area contributed by atoms with Crippen LogP contribution in [0.3, 0.4) is 0 Å². The van der Waals surface area contributed by atoms with Gasteiger partial charge in [0.05, 0.1) is 0 Å². The van der Waals surface area contributed by atoms with Crippen molar-refractivity contribution in [2.45, 2.75) is 18.9 Å². The summed E-state index contributed by atoms with van der Waals surface area (Å²) in [5.41, 5.74) is 4.79. The summed E-state index contributed by atoms with van der Waals surface area (Å²) >= 11 is 0. The second-order valence-electron chi connectivity index (χ2n) is 8.18. The summed E-state index contributed by atoms with van der Waals surface area (Å²) in [5.74, 6) is 1.16. The van der Waals surface area contributed by atoms with Crippen LogP contribution >= 0.6 is 0 Å². The number of hydrogen-bond donors (Lipinski definition) is 1. The van der Waals surface area contributed by atoms with Crippen molar-refractivity contribution in [2.24, 2.45) is 4.36 Å². The van der Waals surface area contributed by atoms with Crippen LogP contribution in [0.4, 0.5) is 4.79 Å². The molecule has 2 aromatic rings. The van der Waals surface area contributed by atoms with Gasteiger partial charge >= 0.3 is 6.09 Å². The van der Waals surface area contributed by atoms with Gasteiger partial charge in [0.15, 0.2) is 0 Å². The van der Waals surface area contributed by atoms with Crippen LogP contribution in [0.2, 0.25) is 0 Å². The predicted molar refractivity (Wildman–Crippen MR) is 121 cm³/mol. The van der Waals surface area contributed by atoms with E-state index in [9.17, 15) is 14.1 Å². The third kappa shape index (κ3) is 3.96. The highest BCUT2D eigenvalue weighted by atomic mass is 32.2. The summed E-state index contributed by atoms with van der Waals surface area (Å²) in [6.45, 7) is 4.43. The molecule has 160 valence electrons. The first-order valence-electron chi connectivity index (χ1n) is 10.4. The summed E-state index contributed by atoms with van der Waals surface area (Å²) in [6, 6.07) is 16.4. The molecule has 1 saturated heterocycles. The molecule has 1 aliphatic carbocycles. The molecule has 7 heteroatoms. The van der Waals surface area contributed by atoms with E-state index in [1.807, 2.05) is 31.2 Å². The Morgan fingerprint density at radius 2 is 1.67 bits per heavy atom. The highest BCUT2D eigenvalue weighted by Crippen LogP contribution is 2.44. The lowest BCUT2D eigenvalue weighted by Gasteiger charge is -2.35. The van der Waals surface area contributed by atoms with Gasteiger partial charge in [-0.25, -0.2) is 13.4 Å². The highest BCUT2D eigenvalue weighted by Gasteiger charge is 2.33. The van der Waals surface area contributed by atoms with Gasteiger partial charge in [-0.3, -0.25) is 4.90 Å². The zero-order valence-corrected chi connectivity index (χ0v) is 18.3.